The first-order valence-corrected chi connectivity index (χ1v) is 9.07. The van der Waals surface area contributed by atoms with Gasteiger partial charge < -0.3 is 10.2 Å². The molecular formula is C20H20F3N3O2. The predicted molar refractivity (Wildman–Crippen MR) is 98.0 cm³/mol. The van der Waals surface area contributed by atoms with Gasteiger partial charge in [-0.1, -0.05) is 18.9 Å². The van der Waals surface area contributed by atoms with Gasteiger partial charge in [-0.2, -0.15) is 13.2 Å². The minimum absolute atomic E-state index is 0.0177. The number of carbonyl (C=O) groups excluding carboxylic acids is 2. The van der Waals surface area contributed by atoms with Crippen molar-refractivity contribution in [1.82, 2.24) is 9.88 Å². The number of carbonyl (C=O) groups is 2. The zero-order valence-corrected chi connectivity index (χ0v) is 15.1. The van der Waals surface area contributed by atoms with E-state index in [4.69, 9.17) is 0 Å². The summed E-state index contributed by atoms with van der Waals surface area (Å²) in [5.74, 6) is -0.819. The van der Waals surface area contributed by atoms with Crippen LogP contribution in [0.3, 0.4) is 0 Å². The molecular weight excluding hydrogens is 371 g/mol. The lowest BCUT2D eigenvalue weighted by atomic mass is 10.1. The van der Waals surface area contributed by atoms with Crippen LogP contribution in [0.25, 0.3) is 0 Å². The highest BCUT2D eigenvalue weighted by Crippen LogP contribution is 2.30. The van der Waals surface area contributed by atoms with Gasteiger partial charge in [-0.05, 0) is 37.1 Å². The van der Waals surface area contributed by atoms with E-state index in [-0.39, 0.29) is 17.2 Å². The largest absolute Gasteiger partial charge is 0.416 e. The summed E-state index contributed by atoms with van der Waals surface area (Å²) >= 11 is 0. The Balaban J connectivity index is 1.74. The highest BCUT2D eigenvalue weighted by Gasteiger charge is 2.30. The first kappa shape index (κ1) is 19.9. The summed E-state index contributed by atoms with van der Waals surface area (Å²) < 4.78 is 38.4. The van der Waals surface area contributed by atoms with E-state index in [2.05, 4.69) is 10.3 Å². The number of aromatic nitrogens is 1. The fraction of sp³-hybridized carbons (Fsp3) is 0.350. The molecule has 0 spiro atoms. The van der Waals surface area contributed by atoms with Gasteiger partial charge in [0.1, 0.15) is 0 Å². The van der Waals surface area contributed by atoms with Crippen LogP contribution in [0.1, 0.15) is 52.0 Å². The number of anilines is 1. The predicted octanol–water partition coefficient (Wildman–Crippen LogP) is 4.37. The summed E-state index contributed by atoms with van der Waals surface area (Å²) in [4.78, 5) is 30.8. The molecule has 1 fully saturated rings. The summed E-state index contributed by atoms with van der Waals surface area (Å²) in [6.45, 7) is 1.33. The number of nitrogens with zero attached hydrogens (tertiary/aromatic N) is 2. The lowest BCUT2D eigenvalue weighted by molar-refractivity contribution is -0.137. The van der Waals surface area contributed by atoms with E-state index in [1.165, 1.54) is 30.6 Å². The van der Waals surface area contributed by atoms with Gasteiger partial charge in [-0.3, -0.25) is 14.6 Å². The van der Waals surface area contributed by atoms with Gasteiger partial charge in [0.25, 0.3) is 11.8 Å². The molecule has 148 valence electrons. The number of hydrogen-bond acceptors (Lipinski definition) is 3. The van der Waals surface area contributed by atoms with E-state index in [0.29, 0.717) is 18.7 Å². The summed E-state index contributed by atoms with van der Waals surface area (Å²) in [6, 6.07) is 5.79. The maximum absolute atomic E-state index is 12.8. The van der Waals surface area contributed by atoms with Gasteiger partial charge >= 0.3 is 6.18 Å². The molecule has 0 radical (unpaired) electrons. The smallest absolute Gasteiger partial charge is 0.339 e. The third-order valence-electron chi connectivity index (χ3n) is 4.59. The molecule has 0 saturated carbocycles. The van der Waals surface area contributed by atoms with Gasteiger partial charge in [0.05, 0.1) is 16.7 Å². The zero-order chi connectivity index (χ0) is 20.1. The highest BCUT2D eigenvalue weighted by atomic mass is 19.4. The molecule has 2 heterocycles. The van der Waals surface area contributed by atoms with Gasteiger partial charge in [-0.15, -0.1) is 0 Å². The molecule has 5 nitrogen and oxygen atoms in total. The van der Waals surface area contributed by atoms with Crippen molar-refractivity contribution in [2.75, 3.05) is 18.4 Å². The normalized spacial score (nSPS) is 15.0. The maximum Gasteiger partial charge on any atom is 0.416 e. The van der Waals surface area contributed by atoms with Crippen molar-refractivity contribution in [1.29, 1.82) is 0 Å². The van der Waals surface area contributed by atoms with E-state index in [0.717, 1.165) is 37.8 Å². The second-order valence-corrected chi connectivity index (χ2v) is 6.70. The van der Waals surface area contributed by atoms with Crippen LogP contribution < -0.4 is 5.32 Å². The molecule has 3 rings (SSSR count). The van der Waals surface area contributed by atoms with Crippen LogP contribution >= 0.6 is 0 Å². The van der Waals surface area contributed by atoms with Gasteiger partial charge in [0.2, 0.25) is 0 Å². The van der Waals surface area contributed by atoms with E-state index >= 15 is 0 Å². The number of halogens is 3. The van der Waals surface area contributed by atoms with Gasteiger partial charge in [0.15, 0.2) is 0 Å². The fourth-order valence-corrected chi connectivity index (χ4v) is 3.11. The second-order valence-electron chi connectivity index (χ2n) is 6.70. The van der Waals surface area contributed by atoms with Crippen LogP contribution in [0.15, 0.2) is 42.7 Å². The number of nitrogens with one attached hydrogen (secondary N) is 1. The molecule has 28 heavy (non-hydrogen) atoms. The van der Waals surface area contributed by atoms with Crippen LogP contribution in [0.5, 0.6) is 0 Å². The molecule has 0 aliphatic carbocycles. The quantitative estimate of drug-likeness (QED) is 0.845. The molecule has 1 aliphatic heterocycles. The van der Waals surface area contributed by atoms with Crippen LogP contribution in [-0.2, 0) is 6.18 Å². The fourth-order valence-electron chi connectivity index (χ4n) is 3.11. The molecule has 8 heteroatoms. The summed E-state index contributed by atoms with van der Waals surface area (Å²) in [7, 11) is 0. The zero-order valence-electron chi connectivity index (χ0n) is 15.1. The molecule has 0 bridgehead atoms. The minimum atomic E-state index is -4.50. The van der Waals surface area contributed by atoms with Gasteiger partial charge in [0, 0.05) is 31.2 Å². The maximum atomic E-state index is 12.8. The third-order valence-corrected chi connectivity index (χ3v) is 4.59. The number of benzene rings is 1. The molecule has 1 saturated heterocycles. The molecule has 2 aromatic rings. The Bertz CT molecular complexity index is 860. The van der Waals surface area contributed by atoms with E-state index in [1.807, 2.05) is 0 Å². The van der Waals surface area contributed by atoms with Crippen LogP contribution in [0, 0.1) is 0 Å². The van der Waals surface area contributed by atoms with E-state index < -0.39 is 17.6 Å². The Hall–Kier alpha value is -2.90. The van der Waals surface area contributed by atoms with E-state index in [9.17, 15) is 22.8 Å². The number of alkyl halides is 3. The second kappa shape index (κ2) is 8.41. The van der Waals surface area contributed by atoms with Crippen molar-refractivity contribution in [2.24, 2.45) is 0 Å². The average molecular weight is 391 g/mol. The monoisotopic (exact) mass is 391 g/mol. The molecule has 0 atom stereocenters. The Morgan fingerprint density at radius 2 is 1.64 bits per heavy atom. The van der Waals surface area contributed by atoms with Crippen LogP contribution in [0.2, 0.25) is 0 Å². The average Bonchev–Trinajstić information content (AvgIpc) is 2.96. The lowest BCUT2D eigenvalue weighted by Crippen LogP contribution is -2.32. The number of hydrogen-bond donors (Lipinski definition) is 1. The number of likely N-dealkylation sites (tertiary alicyclic amines) is 1. The van der Waals surface area contributed by atoms with Crippen molar-refractivity contribution in [3.63, 3.8) is 0 Å². The number of rotatable bonds is 3. The minimum Gasteiger partial charge on any atom is -0.339 e. The third kappa shape index (κ3) is 4.88. The van der Waals surface area contributed by atoms with Crippen molar-refractivity contribution in [3.8, 4) is 0 Å². The highest BCUT2D eigenvalue weighted by molar-refractivity contribution is 6.05. The molecule has 1 aliphatic rings. The molecule has 2 amide bonds. The number of amides is 2. The Kier molecular flexibility index (Phi) is 5.96. The lowest BCUT2D eigenvalue weighted by Gasteiger charge is -2.20. The topological polar surface area (TPSA) is 62.3 Å². The van der Waals surface area contributed by atoms with Crippen LogP contribution in [-0.4, -0.2) is 34.8 Å². The summed E-state index contributed by atoms with van der Waals surface area (Å²) in [6.07, 6.45) is 2.23. The first-order valence-electron chi connectivity index (χ1n) is 9.07. The standard InChI is InChI=1S/C20H20F3N3O2/c21-20(22,23)16-6-5-7-17(11-16)25-18(27)14-10-15(13-24-12-14)19(28)26-8-3-1-2-4-9-26/h5-7,10-13H,1-4,8-9H2,(H,25,27). The Morgan fingerprint density at radius 1 is 0.964 bits per heavy atom. The Morgan fingerprint density at radius 3 is 2.32 bits per heavy atom. The van der Waals surface area contributed by atoms with Crippen molar-refractivity contribution in [2.45, 2.75) is 31.9 Å². The molecule has 1 aromatic heterocycles. The van der Waals surface area contributed by atoms with Crippen LogP contribution in [0.4, 0.5) is 18.9 Å². The summed E-state index contributed by atoms with van der Waals surface area (Å²) in [5.41, 5.74) is -0.436. The Labute approximate surface area is 160 Å². The number of pyridine rings is 1. The first-order chi connectivity index (χ1) is 13.3. The van der Waals surface area contributed by atoms with Crippen molar-refractivity contribution < 1.29 is 22.8 Å². The summed E-state index contributed by atoms with van der Waals surface area (Å²) in [5, 5.41) is 2.42. The van der Waals surface area contributed by atoms with Crippen molar-refractivity contribution in [3.05, 3.63) is 59.4 Å². The molecule has 1 aromatic carbocycles. The van der Waals surface area contributed by atoms with Crippen molar-refractivity contribution >= 4 is 17.5 Å². The molecule has 0 unspecified atom stereocenters. The molecule has 1 N–H and O–H groups in total. The van der Waals surface area contributed by atoms with Gasteiger partial charge in [-0.25, -0.2) is 0 Å². The van der Waals surface area contributed by atoms with E-state index in [1.54, 1.807) is 4.90 Å². The SMILES string of the molecule is O=C(Nc1cccc(C(F)(F)F)c1)c1cncc(C(=O)N2CCCCCC2)c1.